The Bertz CT molecular complexity index is 685. The monoisotopic (exact) mass is 271 g/mol. The molecule has 0 aliphatic heterocycles. The summed E-state index contributed by atoms with van der Waals surface area (Å²) in [6, 6.07) is 10.1. The van der Waals surface area contributed by atoms with Gasteiger partial charge in [-0.3, -0.25) is 10.1 Å². The molecule has 0 spiro atoms. The summed E-state index contributed by atoms with van der Waals surface area (Å²) < 4.78 is 5.48. The summed E-state index contributed by atoms with van der Waals surface area (Å²) in [5.74, 6) is 1.62. The molecule has 0 aliphatic rings. The average Bonchev–Trinajstić information content (AvgIpc) is 2.83. The second-order valence-electron chi connectivity index (χ2n) is 4.44. The lowest BCUT2D eigenvalue weighted by Gasteiger charge is -2.18. The molecule has 0 fully saturated rings. The van der Waals surface area contributed by atoms with Crippen molar-refractivity contribution in [3.8, 4) is 6.07 Å². The molecule has 0 saturated heterocycles. The van der Waals surface area contributed by atoms with Crippen LogP contribution in [0.1, 0.15) is 17.1 Å². The van der Waals surface area contributed by atoms with E-state index in [2.05, 4.69) is 0 Å². The summed E-state index contributed by atoms with van der Waals surface area (Å²) in [6.45, 7) is 2.39. The van der Waals surface area contributed by atoms with Crippen LogP contribution in [0.15, 0.2) is 34.7 Å². The predicted molar refractivity (Wildman–Crippen MR) is 73.4 cm³/mol. The Morgan fingerprint density at radius 1 is 1.40 bits per heavy atom. The number of nitro benzene ring substituents is 1. The number of anilines is 1. The molecule has 1 aromatic heterocycles. The summed E-state index contributed by atoms with van der Waals surface area (Å²) in [4.78, 5) is 12.1. The molecule has 2 aromatic rings. The van der Waals surface area contributed by atoms with Gasteiger partial charge in [-0.15, -0.1) is 0 Å². The molecule has 0 aliphatic carbocycles. The summed E-state index contributed by atoms with van der Waals surface area (Å²) in [6.07, 6.45) is 0. The number of hydrogen-bond acceptors (Lipinski definition) is 5. The Hall–Kier alpha value is -2.81. The molecule has 102 valence electrons. The van der Waals surface area contributed by atoms with Crippen molar-refractivity contribution in [1.82, 2.24) is 0 Å². The lowest BCUT2D eigenvalue weighted by atomic mass is 10.1. The van der Waals surface area contributed by atoms with E-state index in [1.807, 2.05) is 37.1 Å². The van der Waals surface area contributed by atoms with Crippen LogP contribution < -0.4 is 4.90 Å². The zero-order valence-electron chi connectivity index (χ0n) is 11.2. The van der Waals surface area contributed by atoms with Crippen molar-refractivity contribution in [2.75, 3.05) is 11.9 Å². The van der Waals surface area contributed by atoms with Gasteiger partial charge in [-0.1, -0.05) is 0 Å². The van der Waals surface area contributed by atoms with E-state index in [0.29, 0.717) is 6.54 Å². The quantitative estimate of drug-likeness (QED) is 0.630. The molecular formula is C14H13N3O3. The molecular weight excluding hydrogens is 258 g/mol. The highest BCUT2D eigenvalue weighted by Crippen LogP contribution is 2.25. The first-order chi connectivity index (χ1) is 9.51. The molecule has 0 bridgehead atoms. The molecule has 20 heavy (non-hydrogen) atoms. The zero-order chi connectivity index (χ0) is 14.7. The van der Waals surface area contributed by atoms with Crippen molar-refractivity contribution in [1.29, 1.82) is 5.26 Å². The maximum Gasteiger partial charge on any atom is 0.287 e. The van der Waals surface area contributed by atoms with Gasteiger partial charge in [-0.05, 0) is 31.2 Å². The Labute approximate surface area is 116 Å². The SMILES string of the molecule is Cc1ccc(CN(C)c2ccc([N+](=O)[O-])c(C#N)c2)o1. The van der Waals surface area contributed by atoms with Crippen LogP contribution in [0.25, 0.3) is 0 Å². The Morgan fingerprint density at radius 2 is 2.15 bits per heavy atom. The Kier molecular flexibility index (Phi) is 3.71. The van der Waals surface area contributed by atoms with Gasteiger partial charge in [0.15, 0.2) is 0 Å². The van der Waals surface area contributed by atoms with E-state index in [4.69, 9.17) is 9.68 Å². The van der Waals surface area contributed by atoms with Crippen molar-refractivity contribution in [2.45, 2.75) is 13.5 Å². The van der Waals surface area contributed by atoms with E-state index in [-0.39, 0.29) is 11.3 Å². The summed E-state index contributed by atoms with van der Waals surface area (Å²) in [5.41, 5.74) is 0.592. The number of aryl methyl sites for hydroxylation is 1. The molecule has 0 saturated carbocycles. The van der Waals surface area contributed by atoms with Gasteiger partial charge in [-0.2, -0.15) is 5.26 Å². The summed E-state index contributed by atoms with van der Waals surface area (Å²) >= 11 is 0. The largest absolute Gasteiger partial charge is 0.464 e. The lowest BCUT2D eigenvalue weighted by molar-refractivity contribution is -0.385. The summed E-state index contributed by atoms with van der Waals surface area (Å²) in [7, 11) is 1.83. The molecule has 0 amide bonds. The van der Waals surface area contributed by atoms with E-state index >= 15 is 0 Å². The second kappa shape index (κ2) is 5.45. The van der Waals surface area contributed by atoms with E-state index in [9.17, 15) is 10.1 Å². The minimum absolute atomic E-state index is 0.0509. The molecule has 1 heterocycles. The fourth-order valence-corrected chi connectivity index (χ4v) is 1.91. The van der Waals surface area contributed by atoms with Gasteiger partial charge in [-0.25, -0.2) is 0 Å². The minimum Gasteiger partial charge on any atom is -0.464 e. The lowest BCUT2D eigenvalue weighted by Crippen LogP contribution is -2.16. The first-order valence-electron chi connectivity index (χ1n) is 5.96. The molecule has 2 rings (SSSR count). The second-order valence-corrected chi connectivity index (χ2v) is 4.44. The normalized spacial score (nSPS) is 10.1. The van der Waals surface area contributed by atoms with Gasteiger partial charge < -0.3 is 9.32 Å². The molecule has 0 N–H and O–H groups in total. The first-order valence-corrected chi connectivity index (χ1v) is 5.96. The standard InChI is InChI=1S/C14H13N3O3/c1-10-3-5-13(20-10)9-16(2)12-4-6-14(17(18)19)11(7-12)8-15/h3-7H,9H2,1-2H3. The number of hydrogen-bond donors (Lipinski definition) is 0. The fourth-order valence-electron chi connectivity index (χ4n) is 1.91. The van der Waals surface area contributed by atoms with Crippen LogP contribution >= 0.6 is 0 Å². The van der Waals surface area contributed by atoms with E-state index in [1.165, 1.54) is 12.1 Å². The molecule has 6 nitrogen and oxygen atoms in total. The molecule has 1 aromatic carbocycles. The maximum absolute atomic E-state index is 10.8. The van der Waals surface area contributed by atoms with Crippen LogP contribution in [0.5, 0.6) is 0 Å². The highest BCUT2D eigenvalue weighted by atomic mass is 16.6. The van der Waals surface area contributed by atoms with Crippen LogP contribution in [-0.4, -0.2) is 12.0 Å². The van der Waals surface area contributed by atoms with Gasteiger partial charge >= 0.3 is 0 Å². The third kappa shape index (κ3) is 2.78. The van der Waals surface area contributed by atoms with Crippen molar-refractivity contribution in [2.24, 2.45) is 0 Å². The van der Waals surface area contributed by atoms with Gasteiger partial charge in [0, 0.05) is 18.8 Å². The summed E-state index contributed by atoms with van der Waals surface area (Å²) in [5, 5.41) is 19.8. The number of nitriles is 1. The van der Waals surface area contributed by atoms with Crippen molar-refractivity contribution in [3.63, 3.8) is 0 Å². The smallest absolute Gasteiger partial charge is 0.287 e. The Balaban J connectivity index is 2.24. The van der Waals surface area contributed by atoms with Crippen LogP contribution in [0, 0.1) is 28.4 Å². The number of furan rings is 1. The average molecular weight is 271 g/mol. The van der Waals surface area contributed by atoms with Gasteiger partial charge in [0.05, 0.1) is 11.5 Å². The van der Waals surface area contributed by atoms with Crippen LogP contribution in [0.4, 0.5) is 11.4 Å². The van der Waals surface area contributed by atoms with Gasteiger partial charge in [0.25, 0.3) is 5.69 Å². The van der Waals surface area contributed by atoms with Gasteiger partial charge in [0.1, 0.15) is 23.2 Å². The minimum atomic E-state index is -0.557. The first kappa shape index (κ1) is 13.6. The number of nitrogens with zero attached hydrogens (tertiary/aromatic N) is 3. The fraction of sp³-hybridized carbons (Fsp3) is 0.214. The van der Waals surface area contributed by atoms with E-state index in [0.717, 1.165) is 17.2 Å². The van der Waals surface area contributed by atoms with Crippen molar-refractivity contribution >= 4 is 11.4 Å². The van der Waals surface area contributed by atoms with Crippen LogP contribution in [-0.2, 0) is 6.54 Å². The van der Waals surface area contributed by atoms with Crippen LogP contribution in [0.2, 0.25) is 0 Å². The number of benzene rings is 1. The molecule has 0 atom stereocenters. The number of nitro groups is 1. The van der Waals surface area contributed by atoms with Crippen molar-refractivity contribution < 1.29 is 9.34 Å². The van der Waals surface area contributed by atoms with E-state index in [1.54, 1.807) is 6.07 Å². The maximum atomic E-state index is 10.8. The van der Waals surface area contributed by atoms with Gasteiger partial charge in [0.2, 0.25) is 0 Å². The number of rotatable bonds is 4. The Morgan fingerprint density at radius 3 is 2.70 bits per heavy atom. The highest BCUT2D eigenvalue weighted by Gasteiger charge is 2.15. The van der Waals surface area contributed by atoms with Crippen molar-refractivity contribution in [3.05, 3.63) is 57.5 Å². The molecule has 6 heteroatoms. The highest BCUT2D eigenvalue weighted by molar-refractivity contribution is 5.59. The predicted octanol–water partition coefficient (Wildman–Crippen LogP) is 3.00. The van der Waals surface area contributed by atoms with E-state index < -0.39 is 4.92 Å². The van der Waals surface area contributed by atoms with Crippen LogP contribution in [0.3, 0.4) is 0 Å². The molecule has 0 unspecified atom stereocenters. The topological polar surface area (TPSA) is 83.3 Å². The molecule has 0 radical (unpaired) electrons. The zero-order valence-corrected chi connectivity index (χ0v) is 11.2. The third-order valence-electron chi connectivity index (χ3n) is 2.93. The third-order valence-corrected chi connectivity index (χ3v) is 2.93.